The van der Waals surface area contributed by atoms with Crippen LogP contribution >= 0.6 is 23.2 Å². The summed E-state index contributed by atoms with van der Waals surface area (Å²) in [5.74, 6) is -3.26. The normalized spacial score (nSPS) is 18.8. The molecule has 0 saturated heterocycles. The summed E-state index contributed by atoms with van der Waals surface area (Å²) >= 11 is 12.9. The SMILES string of the molecule is O=C(N[C@@H](Cc1ccccc1)C(=O)C(Cl)C(=O)C(Cl)C(=O)[C@H](Cc1ccccc1)NC(=O)C1CCCCC1)C1CCCCC1. The van der Waals surface area contributed by atoms with Gasteiger partial charge in [0.1, 0.15) is 0 Å². The molecule has 2 unspecified atom stereocenters. The van der Waals surface area contributed by atoms with Crippen LogP contribution in [0.5, 0.6) is 0 Å². The Labute approximate surface area is 269 Å². The van der Waals surface area contributed by atoms with E-state index in [1.165, 1.54) is 0 Å². The van der Waals surface area contributed by atoms with Gasteiger partial charge in [-0.2, -0.15) is 0 Å². The summed E-state index contributed by atoms with van der Waals surface area (Å²) in [6.45, 7) is 0. The molecule has 2 aromatic carbocycles. The van der Waals surface area contributed by atoms with Crippen molar-refractivity contribution in [3.05, 3.63) is 71.8 Å². The first-order valence-corrected chi connectivity index (χ1v) is 16.7. The van der Waals surface area contributed by atoms with Crippen molar-refractivity contribution in [2.75, 3.05) is 0 Å². The molecule has 4 atom stereocenters. The van der Waals surface area contributed by atoms with E-state index in [9.17, 15) is 24.0 Å². The van der Waals surface area contributed by atoms with E-state index >= 15 is 0 Å². The van der Waals surface area contributed by atoms with Crippen LogP contribution in [0.4, 0.5) is 0 Å². The zero-order chi connectivity index (χ0) is 31.5. The van der Waals surface area contributed by atoms with Gasteiger partial charge in [-0.1, -0.05) is 99.2 Å². The summed E-state index contributed by atoms with van der Waals surface area (Å²) in [4.78, 5) is 67.1. The topological polar surface area (TPSA) is 109 Å². The number of hydrogen-bond acceptors (Lipinski definition) is 5. The van der Waals surface area contributed by atoms with Gasteiger partial charge in [0, 0.05) is 11.8 Å². The second-order valence-corrected chi connectivity index (χ2v) is 13.0. The third-order valence-electron chi connectivity index (χ3n) is 8.84. The highest BCUT2D eigenvalue weighted by Gasteiger charge is 2.41. The average Bonchev–Trinajstić information content (AvgIpc) is 3.07. The molecular weight excluding hydrogens is 599 g/mol. The molecule has 2 saturated carbocycles. The van der Waals surface area contributed by atoms with Gasteiger partial charge < -0.3 is 10.6 Å². The lowest BCUT2D eigenvalue weighted by molar-refractivity contribution is -0.135. The first-order valence-electron chi connectivity index (χ1n) is 15.8. The first kappa shape index (κ1) is 33.9. The first-order chi connectivity index (χ1) is 21.2. The number of carbonyl (C=O) groups excluding carboxylic acids is 5. The second kappa shape index (κ2) is 16.9. The van der Waals surface area contributed by atoms with Crippen molar-refractivity contribution in [3.8, 4) is 0 Å². The van der Waals surface area contributed by atoms with E-state index in [1.807, 2.05) is 60.7 Å². The van der Waals surface area contributed by atoms with Crippen LogP contribution in [-0.4, -0.2) is 52.0 Å². The van der Waals surface area contributed by atoms with Gasteiger partial charge in [-0.15, -0.1) is 23.2 Å². The van der Waals surface area contributed by atoms with Crippen molar-refractivity contribution in [2.24, 2.45) is 11.8 Å². The smallest absolute Gasteiger partial charge is 0.223 e. The molecule has 0 aliphatic heterocycles. The minimum absolute atomic E-state index is 0.142. The van der Waals surface area contributed by atoms with E-state index in [-0.39, 0.29) is 36.5 Å². The number of ketones is 3. The van der Waals surface area contributed by atoms with Crippen molar-refractivity contribution in [2.45, 2.75) is 99.9 Å². The van der Waals surface area contributed by atoms with Gasteiger partial charge in [0.05, 0.1) is 12.1 Å². The lowest BCUT2D eigenvalue weighted by Crippen LogP contribution is -2.53. The standard InChI is InChI=1S/C35H42Cl2N2O5/c36-29(31(40)27(21-23-13-5-1-6-14-23)38-34(43)25-17-9-3-10-18-25)33(42)30(37)32(41)28(22-24-15-7-2-8-16-24)39-35(44)26-19-11-4-12-20-26/h1-2,5-8,13-16,25-30H,3-4,9-12,17-22H2,(H,38,43)(H,39,44)/t27-,28-,29?,30?/m0/s1. The third kappa shape index (κ3) is 9.48. The molecule has 9 heteroatoms. The third-order valence-corrected chi connectivity index (χ3v) is 9.70. The summed E-state index contributed by atoms with van der Waals surface area (Å²) in [5.41, 5.74) is 1.58. The molecule has 2 aliphatic carbocycles. The molecule has 2 aliphatic rings. The monoisotopic (exact) mass is 640 g/mol. The van der Waals surface area contributed by atoms with Crippen LogP contribution in [0, 0.1) is 11.8 Å². The molecule has 0 heterocycles. The van der Waals surface area contributed by atoms with E-state index in [0.29, 0.717) is 0 Å². The average molecular weight is 642 g/mol. The lowest BCUT2D eigenvalue weighted by Gasteiger charge is -2.27. The van der Waals surface area contributed by atoms with Crippen molar-refractivity contribution in [1.29, 1.82) is 0 Å². The number of rotatable bonds is 14. The van der Waals surface area contributed by atoms with Gasteiger partial charge in [0.15, 0.2) is 28.1 Å². The van der Waals surface area contributed by atoms with Crippen LogP contribution in [-0.2, 0) is 36.8 Å². The summed E-state index contributed by atoms with van der Waals surface area (Å²) < 4.78 is 0. The van der Waals surface area contributed by atoms with E-state index in [0.717, 1.165) is 75.3 Å². The predicted molar refractivity (Wildman–Crippen MR) is 172 cm³/mol. The fourth-order valence-electron chi connectivity index (χ4n) is 6.22. The summed E-state index contributed by atoms with van der Waals surface area (Å²) in [7, 11) is 0. The van der Waals surface area contributed by atoms with Gasteiger partial charge in [0.25, 0.3) is 0 Å². The molecule has 0 radical (unpaired) electrons. The number of alkyl halides is 2. The maximum Gasteiger partial charge on any atom is 0.223 e. The second-order valence-electron chi connectivity index (χ2n) is 12.1. The van der Waals surface area contributed by atoms with Gasteiger partial charge in [-0.3, -0.25) is 24.0 Å². The summed E-state index contributed by atoms with van der Waals surface area (Å²) in [5, 5.41) is 2.18. The summed E-state index contributed by atoms with van der Waals surface area (Å²) in [6, 6.07) is 16.2. The van der Waals surface area contributed by atoms with Gasteiger partial charge >= 0.3 is 0 Å². The Morgan fingerprint density at radius 3 is 1.23 bits per heavy atom. The Balaban J connectivity index is 1.48. The van der Waals surface area contributed by atoms with Gasteiger partial charge in [-0.05, 0) is 49.7 Å². The fourth-order valence-corrected chi connectivity index (χ4v) is 6.84. The van der Waals surface area contributed by atoms with Crippen molar-refractivity contribution < 1.29 is 24.0 Å². The predicted octanol–water partition coefficient (Wildman–Crippen LogP) is 5.52. The van der Waals surface area contributed by atoms with Crippen molar-refractivity contribution >= 4 is 52.4 Å². The van der Waals surface area contributed by atoms with Crippen LogP contribution in [0.3, 0.4) is 0 Å². The minimum Gasteiger partial charge on any atom is -0.346 e. The molecule has 236 valence electrons. The van der Waals surface area contributed by atoms with Crippen LogP contribution < -0.4 is 10.6 Å². The molecule has 7 nitrogen and oxygen atoms in total. The molecule has 2 N–H and O–H groups in total. The van der Waals surface area contributed by atoms with Crippen LogP contribution in [0.25, 0.3) is 0 Å². The highest BCUT2D eigenvalue weighted by atomic mass is 35.5. The number of benzene rings is 2. The van der Waals surface area contributed by atoms with Crippen LogP contribution in [0.15, 0.2) is 60.7 Å². The Hall–Kier alpha value is -3.03. The number of halogens is 2. The molecule has 2 fully saturated rings. The Kier molecular flexibility index (Phi) is 13.0. The highest BCUT2D eigenvalue weighted by Crippen LogP contribution is 2.26. The molecule has 2 amide bonds. The van der Waals surface area contributed by atoms with Crippen molar-refractivity contribution in [1.82, 2.24) is 10.6 Å². The molecular formula is C35H42Cl2N2O5. The zero-order valence-corrected chi connectivity index (χ0v) is 26.5. The largest absolute Gasteiger partial charge is 0.346 e. The molecule has 4 rings (SSSR count). The lowest BCUT2D eigenvalue weighted by atomic mass is 9.87. The Bertz CT molecular complexity index is 1180. The number of hydrogen-bond donors (Lipinski definition) is 2. The van der Waals surface area contributed by atoms with Gasteiger partial charge in [-0.25, -0.2) is 0 Å². The molecule has 0 bridgehead atoms. The fraction of sp³-hybridized carbons (Fsp3) is 0.514. The Morgan fingerprint density at radius 1 is 0.545 bits per heavy atom. The number of carbonyl (C=O) groups is 5. The molecule has 0 aromatic heterocycles. The van der Waals surface area contributed by atoms with Crippen LogP contribution in [0.1, 0.15) is 75.3 Å². The maximum atomic E-state index is 13.7. The minimum atomic E-state index is -1.76. The van der Waals surface area contributed by atoms with Crippen LogP contribution in [0.2, 0.25) is 0 Å². The maximum absolute atomic E-state index is 13.7. The number of nitrogens with one attached hydrogen (secondary N) is 2. The van der Waals surface area contributed by atoms with Gasteiger partial charge in [0.2, 0.25) is 11.8 Å². The number of Topliss-reactive ketones (excluding diaryl/α,β-unsaturated/α-hetero) is 3. The zero-order valence-electron chi connectivity index (χ0n) is 25.0. The highest BCUT2D eigenvalue weighted by molar-refractivity contribution is 6.52. The molecule has 0 spiro atoms. The van der Waals surface area contributed by atoms with E-state index < -0.39 is 40.2 Å². The van der Waals surface area contributed by atoms with E-state index in [1.54, 1.807) is 0 Å². The molecule has 44 heavy (non-hydrogen) atoms. The summed E-state index contributed by atoms with van der Waals surface area (Å²) in [6.07, 6.45) is 9.21. The van der Waals surface area contributed by atoms with E-state index in [2.05, 4.69) is 10.6 Å². The number of amides is 2. The van der Waals surface area contributed by atoms with E-state index in [4.69, 9.17) is 23.2 Å². The Morgan fingerprint density at radius 2 is 0.886 bits per heavy atom. The van der Waals surface area contributed by atoms with Crippen molar-refractivity contribution in [3.63, 3.8) is 0 Å². The molecule has 2 aromatic rings. The quantitative estimate of drug-likeness (QED) is 0.209.